The first-order valence-electron chi connectivity index (χ1n) is 14.5. The molecule has 0 amide bonds. The van der Waals surface area contributed by atoms with Crippen molar-refractivity contribution >= 4 is 34.5 Å². The summed E-state index contributed by atoms with van der Waals surface area (Å²) in [5, 5.41) is 7.84. The van der Waals surface area contributed by atoms with Crippen molar-refractivity contribution in [2.45, 2.75) is 50.8 Å². The lowest BCUT2D eigenvalue weighted by Gasteiger charge is -2.46. The predicted molar refractivity (Wildman–Crippen MR) is 166 cm³/mol. The molecule has 8 nitrogen and oxygen atoms in total. The summed E-state index contributed by atoms with van der Waals surface area (Å²) in [6.45, 7) is 13.8. The number of piperidine rings is 1. The van der Waals surface area contributed by atoms with E-state index in [1.807, 2.05) is 39.0 Å². The maximum Gasteiger partial charge on any atom is 0.209 e. The Balaban J connectivity index is 1.16. The molecule has 9 heteroatoms. The fourth-order valence-electron chi connectivity index (χ4n) is 6.76. The maximum absolute atomic E-state index is 13.3. The second kappa shape index (κ2) is 9.86. The third kappa shape index (κ3) is 4.42. The molecule has 1 fully saturated rings. The lowest BCUT2D eigenvalue weighted by Crippen LogP contribution is -2.54. The molecule has 2 atom stereocenters. The molecule has 0 unspecified atom stereocenters. The van der Waals surface area contributed by atoms with Gasteiger partial charge in [0.05, 0.1) is 18.2 Å². The molecular weight excluding hydrogens is 530 g/mol. The molecule has 2 N–H and O–H groups in total. The lowest BCUT2D eigenvalue weighted by atomic mass is 9.73. The minimum atomic E-state index is -1.15. The van der Waals surface area contributed by atoms with Gasteiger partial charge < -0.3 is 9.45 Å². The number of likely N-dealkylation sites (tertiary alicyclic amines) is 1. The first-order chi connectivity index (χ1) is 19.7. The van der Waals surface area contributed by atoms with Crippen molar-refractivity contribution in [3.8, 4) is 0 Å². The Hall–Kier alpha value is -3.40. The molecule has 212 valence electrons. The highest BCUT2D eigenvalue weighted by atomic mass is 32.2. The largest absolute Gasteiger partial charge is 0.598 e. The van der Waals surface area contributed by atoms with Crippen molar-refractivity contribution in [1.29, 1.82) is 0 Å². The quantitative estimate of drug-likeness (QED) is 0.435. The third-order valence-corrected chi connectivity index (χ3v) is 10.6. The Labute approximate surface area is 245 Å². The SMILES string of the molecule is C=C(c1ccccc1)c1n[nH]c2c1C1=NCCN1C(N1CCC3(CC1)Cc1ccccc1[C@H]3N[S@+]([O-])C(C)(C)C)=N2. The number of aromatic nitrogens is 2. The smallest absolute Gasteiger partial charge is 0.209 e. The number of rotatable bonds is 4. The molecule has 1 aromatic heterocycles. The summed E-state index contributed by atoms with van der Waals surface area (Å²) < 4.78 is 16.5. The Morgan fingerprint density at radius 2 is 1.80 bits per heavy atom. The number of benzene rings is 2. The highest BCUT2D eigenvalue weighted by molar-refractivity contribution is 7.90. The summed E-state index contributed by atoms with van der Waals surface area (Å²) in [6, 6.07) is 18.9. The third-order valence-electron chi connectivity index (χ3n) is 9.02. The van der Waals surface area contributed by atoms with E-state index in [-0.39, 0.29) is 16.2 Å². The van der Waals surface area contributed by atoms with Crippen LogP contribution in [0.3, 0.4) is 0 Å². The Morgan fingerprint density at radius 1 is 1.07 bits per heavy atom. The number of amidine groups is 1. The van der Waals surface area contributed by atoms with Gasteiger partial charge >= 0.3 is 0 Å². The van der Waals surface area contributed by atoms with Crippen molar-refractivity contribution < 1.29 is 4.55 Å². The monoisotopic (exact) mass is 567 g/mol. The molecule has 3 aromatic rings. The number of hydrogen-bond donors (Lipinski definition) is 2. The maximum atomic E-state index is 13.3. The molecule has 1 spiro atoms. The molecule has 41 heavy (non-hydrogen) atoms. The van der Waals surface area contributed by atoms with Gasteiger partial charge in [-0.05, 0) is 56.7 Å². The highest BCUT2D eigenvalue weighted by Gasteiger charge is 2.51. The molecular formula is C32H37N7OS. The van der Waals surface area contributed by atoms with Crippen LogP contribution in [0.1, 0.15) is 67.6 Å². The number of fused-ring (bicyclic) bond motifs is 4. The van der Waals surface area contributed by atoms with E-state index in [4.69, 9.17) is 9.98 Å². The van der Waals surface area contributed by atoms with Crippen LogP contribution in [0.15, 0.2) is 71.2 Å². The van der Waals surface area contributed by atoms with Gasteiger partial charge in [-0.3, -0.25) is 15.0 Å². The van der Waals surface area contributed by atoms with Crippen LogP contribution >= 0.6 is 0 Å². The minimum absolute atomic E-state index is 0.0258. The van der Waals surface area contributed by atoms with Crippen LogP contribution in [-0.2, 0) is 17.8 Å². The topological polar surface area (TPSA) is 95.0 Å². The van der Waals surface area contributed by atoms with E-state index in [0.29, 0.717) is 0 Å². The Morgan fingerprint density at radius 3 is 2.56 bits per heavy atom. The molecule has 1 saturated heterocycles. The number of nitrogens with zero attached hydrogens (tertiary/aromatic N) is 5. The van der Waals surface area contributed by atoms with Gasteiger partial charge in [0.15, 0.2) is 5.82 Å². The molecule has 0 radical (unpaired) electrons. The molecule has 3 aliphatic heterocycles. The lowest BCUT2D eigenvalue weighted by molar-refractivity contribution is 0.115. The average molecular weight is 568 g/mol. The van der Waals surface area contributed by atoms with Crippen molar-refractivity contribution in [3.63, 3.8) is 0 Å². The number of hydrogen-bond acceptors (Lipinski definition) is 7. The predicted octanol–water partition coefficient (Wildman–Crippen LogP) is 4.97. The average Bonchev–Trinajstić information content (AvgIpc) is 3.69. The van der Waals surface area contributed by atoms with Gasteiger partial charge in [-0.25, -0.2) is 0 Å². The Bertz CT molecular complexity index is 1550. The molecule has 1 aliphatic carbocycles. The number of aromatic amines is 1. The minimum Gasteiger partial charge on any atom is -0.598 e. The van der Waals surface area contributed by atoms with Gasteiger partial charge in [-0.15, -0.1) is 4.72 Å². The van der Waals surface area contributed by atoms with Crippen molar-refractivity contribution in [1.82, 2.24) is 24.7 Å². The zero-order valence-electron chi connectivity index (χ0n) is 24.0. The number of guanidine groups is 1. The van der Waals surface area contributed by atoms with Gasteiger partial charge in [0.25, 0.3) is 0 Å². The molecule has 4 aliphatic rings. The fourth-order valence-corrected chi connectivity index (χ4v) is 7.70. The fraction of sp³-hybridized carbons (Fsp3) is 0.406. The standard InChI is InChI=1S/C32H37N7OS/c1-21(22-10-6-5-7-11-22)26-25-28(36-35-26)34-30(39-19-16-33-29(25)39)38-17-14-32(15-18-38)20-23-12-8-9-13-24(23)27(32)37-41(40)31(2,3)4/h5-13,27,37H,1,14-20H2,2-4H3,(H,35,36)/t27-,41-/m1/s1. The summed E-state index contributed by atoms with van der Waals surface area (Å²) in [5.41, 5.74) is 6.35. The first kappa shape index (κ1) is 26.5. The second-order valence-corrected chi connectivity index (χ2v) is 14.6. The molecule has 0 bridgehead atoms. The molecule has 4 heterocycles. The van der Waals surface area contributed by atoms with E-state index < -0.39 is 11.4 Å². The normalized spacial score (nSPS) is 21.7. The summed E-state index contributed by atoms with van der Waals surface area (Å²) in [6.07, 6.45) is 2.99. The highest BCUT2D eigenvalue weighted by Crippen LogP contribution is 2.53. The molecule has 0 saturated carbocycles. The number of aliphatic imine (C=N–C) groups is 2. The second-order valence-electron chi connectivity index (χ2n) is 12.6. The summed E-state index contributed by atoms with van der Waals surface area (Å²) in [5.74, 6) is 2.62. The number of nitrogens with one attached hydrogen (secondary N) is 2. The van der Waals surface area contributed by atoms with Crippen molar-refractivity contribution in [2.75, 3.05) is 26.2 Å². The van der Waals surface area contributed by atoms with Gasteiger partial charge in [-0.2, -0.15) is 10.1 Å². The van der Waals surface area contributed by atoms with Crippen LogP contribution in [0.5, 0.6) is 0 Å². The summed E-state index contributed by atoms with van der Waals surface area (Å²) >= 11 is -1.15. The van der Waals surface area contributed by atoms with E-state index in [9.17, 15) is 4.55 Å². The summed E-state index contributed by atoms with van der Waals surface area (Å²) in [7, 11) is 0. The van der Waals surface area contributed by atoms with Gasteiger partial charge in [0.1, 0.15) is 16.3 Å². The van der Waals surface area contributed by atoms with E-state index in [0.717, 1.165) is 85.4 Å². The summed E-state index contributed by atoms with van der Waals surface area (Å²) in [4.78, 5) is 14.7. The van der Waals surface area contributed by atoms with E-state index >= 15 is 0 Å². The van der Waals surface area contributed by atoms with Crippen LogP contribution in [0.25, 0.3) is 5.57 Å². The van der Waals surface area contributed by atoms with Crippen LogP contribution in [0.4, 0.5) is 5.82 Å². The van der Waals surface area contributed by atoms with Crippen LogP contribution in [-0.4, -0.2) is 67.3 Å². The van der Waals surface area contributed by atoms with E-state index in [1.165, 1.54) is 11.1 Å². The van der Waals surface area contributed by atoms with Gasteiger partial charge in [0.2, 0.25) is 5.96 Å². The van der Waals surface area contributed by atoms with Crippen molar-refractivity contribution in [2.24, 2.45) is 15.4 Å². The molecule has 7 rings (SSSR count). The van der Waals surface area contributed by atoms with E-state index in [1.54, 1.807) is 0 Å². The van der Waals surface area contributed by atoms with E-state index in [2.05, 4.69) is 67.7 Å². The zero-order valence-corrected chi connectivity index (χ0v) is 24.8. The van der Waals surface area contributed by atoms with Gasteiger partial charge in [-0.1, -0.05) is 61.2 Å². The van der Waals surface area contributed by atoms with Gasteiger partial charge in [0, 0.05) is 42.0 Å². The molecule has 2 aromatic carbocycles. The Kier molecular flexibility index (Phi) is 6.37. The zero-order chi connectivity index (χ0) is 28.4. The van der Waals surface area contributed by atoms with Crippen LogP contribution in [0.2, 0.25) is 0 Å². The number of H-pyrrole nitrogens is 1. The van der Waals surface area contributed by atoms with Crippen molar-refractivity contribution in [3.05, 3.63) is 89.1 Å². The van der Waals surface area contributed by atoms with Crippen LogP contribution in [0, 0.1) is 5.41 Å². The van der Waals surface area contributed by atoms with Crippen LogP contribution < -0.4 is 4.72 Å². The first-order valence-corrected chi connectivity index (χ1v) is 15.7.